The van der Waals surface area contributed by atoms with Crippen molar-refractivity contribution in [1.82, 2.24) is 19.2 Å². The average Bonchev–Trinajstić information content (AvgIpc) is 3.29. The van der Waals surface area contributed by atoms with E-state index in [9.17, 15) is 9.59 Å². The molecule has 0 spiro atoms. The minimum absolute atomic E-state index is 0.00921. The zero-order valence-corrected chi connectivity index (χ0v) is 19.1. The quantitative estimate of drug-likeness (QED) is 0.460. The molecule has 1 saturated heterocycles. The fourth-order valence-corrected chi connectivity index (χ4v) is 4.13. The van der Waals surface area contributed by atoms with Crippen LogP contribution in [0.5, 0.6) is 5.75 Å². The third kappa shape index (κ3) is 4.64. The first-order valence-corrected chi connectivity index (χ1v) is 11.4. The number of rotatable bonds is 5. The summed E-state index contributed by atoms with van der Waals surface area (Å²) in [6.45, 7) is 4.48. The Morgan fingerprint density at radius 3 is 2.06 bits per heavy atom. The molecule has 0 saturated carbocycles. The number of carbonyl (C=O) groups is 2. The smallest absolute Gasteiger partial charge is 0.253 e. The van der Waals surface area contributed by atoms with E-state index in [0.717, 1.165) is 11.3 Å². The van der Waals surface area contributed by atoms with E-state index in [0.29, 0.717) is 49.7 Å². The molecule has 7 nitrogen and oxygen atoms in total. The van der Waals surface area contributed by atoms with E-state index in [2.05, 4.69) is 4.98 Å². The summed E-state index contributed by atoms with van der Waals surface area (Å²) in [5.41, 5.74) is 4.18. The minimum Gasteiger partial charge on any atom is -0.487 e. The molecule has 4 aromatic rings. The van der Waals surface area contributed by atoms with Gasteiger partial charge in [0, 0.05) is 49.7 Å². The molecule has 2 aromatic carbocycles. The maximum absolute atomic E-state index is 12.9. The molecule has 172 valence electrons. The van der Waals surface area contributed by atoms with Crippen molar-refractivity contribution in [3.63, 3.8) is 0 Å². The molecule has 2 amide bonds. The standard InChI is InChI=1S/C27H26N4O3/c1-20-7-12-25-28-23(18-31(25)17-20)19-34-24-10-8-22(9-11-24)27(33)30-15-13-29(14-16-30)26(32)21-5-3-2-4-6-21/h2-12,17-18H,13-16,19H2,1H3. The third-order valence-electron chi connectivity index (χ3n) is 6.01. The molecule has 0 radical (unpaired) electrons. The van der Waals surface area contributed by atoms with E-state index in [1.807, 2.05) is 78.3 Å². The van der Waals surface area contributed by atoms with Crippen LogP contribution in [-0.4, -0.2) is 57.2 Å². The number of benzene rings is 2. The molecule has 7 heteroatoms. The lowest BCUT2D eigenvalue weighted by molar-refractivity contribution is 0.0535. The van der Waals surface area contributed by atoms with Gasteiger partial charge in [0.2, 0.25) is 0 Å². The number of piperazine rings is 1. The average molecular weight is 455 g/mol. The second kappa shape index (κ2) is 9.39. The molecule has 34 heavy (non-hydrogen) atoms. The number of hydrogen-bond acceptors (Lipinski definition) is 4. The van der Waals surface area contributed by atoms with Gasteiger partial charge in [-0.15, -0.1) is 0 Å². The maximum Gasteiger partial charge on any atom is 0.253 e. The second-order valence-electron chi connectivity index (χ2n) is 8.47. The van der Waals surface area contributed by atoms with Gasteiger partial charge in [-0.05, 0) is 55.0 Å². The molecule has 2 aromatic heterocycles. The van der Waals surface area contributed by atoms with Crippen molar-refractivity contribution in [2.24, 2.45) is 0 Å². The Labute approximate surface area is 198 Å². The molecular weight excluding hydrogens is 428 g/mol. The number of ether oxygens (including phenoxy) is 1. The first-order chi connectivity index (χ1) is 16.6. The van der Waals surface area contributed by atoms with Crippen molar-refractivity contribution in [1.29, 1.82) is 0 Å². The number of aryl methyl sites for hydroxylation is 1. The van der Waals surface area contributed by atoms with Gasteiger partial charge in [-0.2, -0.15) is 0 Å². The summed E-state index contributed by atoms with van der Waals surface area (Å²) < 4.78 is 7.86. The lowest BCUT2D eigenvalue weighted by Crippen LogP contribution is -2.50. The van der Waals surface area contributed by atoms with Crippen molar-refractivity contribution >= 4 is 17.5 Å². The number of hydrogen-bond donors (Lipinski definition) is 0. The van der Waals surface area contributed by atoms with Crippen molar-refractivity contribution in [3.8, 4) is 5.75 Å². The van der Waals surface area contributed by atoms with Crippen LogP contribution in [0.3, 0.4) is 0 Å². The van der Waals surface area contributed by atoms with Crippen molar-refractivity contribution in [2.45, 2.75) is 13.5 Å². The monoisotopic (exact) mass is 454 g/mol. The highest BCUT2D eigenvalue weighted by Gasteiger charge is 2.25. The second-order valence-corrected chi connectivity index (χ2v) is 8.47. The van der Waals surface area contributed by atoms with Gasteiger partial charge in [-0.1, -0.05) is 24.3 Å². The van der Waals surface area contributed by atoms with Crippen molar-refractivity contribution in [2.75, 3.05) is 26.2 Å². The summed E-state index contributed by atoms with van der Waals surface area (Å²) in [5, 5.41) is 0. The van der Waals surface area contributed by atoms with Crippen LogP contribution in [0.25, 0.3) is 5.65 Å². The highest BCUT2D eigenvalue weighted by molar-refractivity contribution is 5.96. The van der Waals surface area contributed by atoms with Crippen molar-refractivity contribution in [3.05, 3.63) is 102 Å². The van der Waals surface area contributed by atoms with E-state index in [-0.39, 0.29) is 11.8 Å². The molecule has 1 aliphatic rings. The van der Waals surface area contributed by atoms with Gasteiger partial charge in [0.1, 0.15) is 18.0 Å². The highest BCUT2D eigenvalue weighted by Crippen LogP contribution is 2.17. The molecule has 5 rings (SSSR count). The van der Waals surface area contributed by atoms with Gasteiger partial charge >= 0.3 is 0 Å². The van der Waals surface area contributed by atoms with Gasteiger partial charge in [0.05, 0.1) is 5.69 Å². The summed E-state index contributed by atoms with van der Waals surface area (Å²) in [6.07, 6.45) is 3.99. The lowest BCUT2D eigenvalue weighted by Gasteiger charge is -2.34. The van der Waals surface area contributed by atoms with E-state index < -0.39 is 0 Å². The predicted octanol–water partition coefficient (Wildman–Crippen LogP) is 3.82. The Hall–Kier alpha value is -4.13. The molecule has 1 fully saturated rings. The van der Waals surface area contributed by atoms with Crippen LogP contribution >= 0.6 is 0 Å². The van der Waals surface area contributed by atoms with Crippen LogP contribution in [0.4, 0.5) is 0 Å². The maximum atomic E-state index is 12.9. The fraction of sp³-hybridized carbons (Fsp3) is 0.222. The van der Waals surface area contributed by atoms with Crippen LogP contribution in [0.15, 0.2) is 79.1 Å². The Bertz CT molecular complexity index is 1310. The predicted molar refractivity (Wildman–Crippen MR) is 129 cm³/mol. The topological polar surface area (TPSA) is 67.2 Å². The molecule has 3 heterocycles. The number of aromatic nitrogens is 2. The molecule has 0 bridgehead atoms. The van der Waals surface area contributed by atoms with E-state index in [1.54, 1.807) is 21.9 Å². The van der Waals surface area contributed by atoms with Gasteiger partial charge in [-0.25, -0.2) is 4.98 Å². The summed E-state index contributed by atoms with van der Waals surface area (Å²) in [5.74, 6) is 0.659. The lowest BCUT2D eigenvalue weighted by atomic mass is 10.1. The Morgan fingerprint density at radius 1 is 0.794 bits per heavy atom. The number of fused-ring (bicyclic) bond motifs is 1. The Morgan fingerprint density at radius 2 is 1.41 bits per heavy atom. The summed E-state index contributed by atoms with van der Waals surface area (Å²) in [6, 6.07) is 20.4. The summed E-state index contributed by atoms with van der Waals surface area (Å²) in [7, 11) is 0. The van der Waals surface area contributed by atoms with E-state index in [1.165, 1.54) is 5.56 Å². The summed E-state index contributed by atoms with van der Waals surface area (Å²) in [4.78, 5) is 33.7. The molecule has 0 atom stereocenters. The number of carbonyl (C=O) groups excluding carboxylic acids is 2. The van der Waals surface area contributed by atoms with Crippen LogP contribution < -0.4 is 4.74 Å². The molecule has 0 aliphatic carbocycles. The molecular formula is C27H26N4O3. The van der Waals surface area contributed by atoms with E-state index in [4.69, 9.17) is 4.74 Å². The number of amides is 2. The summed E-state index contributed by atoms with van der Waals surface area (Å²) >= 11 is 0. The fourth-order valence-electron chi connectivity index (χ4n) is 4.13. The third-order valence-corrected chi connectivity index (χ3v) is 6.01. The van der Waals surface area contributed by atoms with Gasteiger partial charge in [0.15, 0.2) is 0 Å². The number of pyridine rings is 1. The molecule has 1 aliphatic heterocycles. The van der Waals surface area contributed by atoms with Crippen LogP contribution in [0.2, 0.25) is 0 Å². The van der Waals surface area contributed by atoms with E-state index >= 15 is 0 Å². The zero-order valence-electron chi connectivity index (χ0n) is 19.1. The first-order valence-electron chi connectivity index (χ1n) is 11.4. The van der Waals surface area contributed by atoms with Crippen LogP contribution in [-0.2, 0) is 6.61 Å². The SMILES string of the molecule is Cc1ccc2nc(COc3ccc(C(=O)N4CCN(C(=O)c5ccccc5)CC4)cc3)cn2c1. The normalized spacial score (nSPS) is 13.8. The van der Waals surface area contributed by atoms with Crippen molar-refractivity contribution < 1.29 is 14.3 Å². The van der Waals surface area contributed by atoms with Crippen LogP contribution in [0, 0.1) is 6.92 Å². The van der Waals surface area contributed by atoms with Crippen LogP contribution in [0.1, 0.15) is 32.0 Å². The Balaban J connectivity index is 1.15. The molecule has 0 unspecified atom stereocenters. The van der Waals surface area contributed by atoms with Gasteiger partial charge in [-0.3, -0.25) is 9.59 Å². The largest absolute Gasteiger partial charge is 0.487 e. The number of imidazole rings is 1. The zero-order chi connectivity index (χ0) is 23.5. The van der Waals surface area contributed by atoms with Gasteiger partial charge < -0.3 is 18.9 Å². The molecule has 0 N–H and O–H groups in total. The first kappa shape index (κ1) is 21.7. The highest BCUT2D eigenvalue weighted by atomic mass is 16.5. The van der Waals surface area contributed by atoms with Gasteiger partial charge in [0.25, 0.3) is 11.8 Å². The minimum atomic E-state index is -0.0333. The Kier molecular flexibility index (Phi) is 5.99. The number of nitrogens with zero attached hydrogens (tertiary/aromatic N) is 4.